The molecule has 5 nitrogen and oxygen atoms in total. The minimum Gasteiger partial charge on any atom is -0.339 e. The summed E-state index contributed by atoms with van der Waals surface area (Å²) in [6, 6.07) is 13.4. The van der Waals surface area contributed by atoms with Gasteiger partial charge in [0.05, 0.1) is 11.9 Å². The first-order valence-electron chi connectivity index (χ1n) is 6.87. The number of nitrogens with one attached hydrogen (secondary N) is 2. The molecule has 0 aliphatic rings. The number of hydrogen-bond donors (Lipinski definition) is 2. The van der Waals surface area contributed by atoms with E-state index >= 15 is 0 Å². The average Bonchev–Trinajstić information content (AvgIpc) is 2.55. The summed E-state index contributed by atoms with van der Waals surface area (Å²) in [7, 11) is 0. The van der Waals surface area contributed by atoms with E-state index in [-0.39, 0.29) is 0 Å². The summed E-state index contributed by atoms with van der Waals surface area (Å²) in [4.78, 5) is 4.42. The van der Waals surface area contributed by atoms with Gasteiger partial charge >= 0.3 is 0 Å². The number of nitrogens with zero attached hydrogens (tertiary/aromatic N) is 3. The highest BCUT2D eigenvalue weighted by Crippen LogP contribution is 2.26. The molecule has 2 aromatic carbocycles. The van der Waals surface area contributed by atoms with E-state index in [9.17, 15) is 0 Å². The summed E-state index contributed by atoms with van der Waals surface area (Å²) in [5, 5.41) is 15.0. The lowest BCUT2D eigenvalue weighted by Gasteiger charge is -2.11. The van der Waals surface area contributed by atoms with Crippen LogP contribution in [0.2, 0.25) is 5.02 Å². The molecule has 0 saturated heterocycles. The van der Waals surface area contributed by atoms with E-state index in [1.54, 1.807) is 6.20 Å². The van der Waals surface area contributed by atoms with Gasteiger partial charge in [-0.15, -0.1) is 5.10 Å². The Balaban J connectivity index is 1.83. The van der Waals surface area contributed by atoms with Crippen LogP contribution < -0.4 is 10.6 Å². The zero-order valence-corrected chi connectivity index (χ0v) is 14.6. The van der Waals surface area contributed by atoms with Crippen molar-refractivity contribution in [1.82, 2.24) is 15.2 Å². The van der Waals surface area contributed by atoms with Crippen LogP contribution in [0.1, 0.15) is 5.56 Å². The fourth-order valence-electron chi connectivity index (χ4n) is 1.98. The molecule has 7 heteroatoms. The molecule has 1 aromatic heterocycles. The molecular formula is C16H13BrClN5. The number of rotatable bonds is 4. The smallest absolute Gasteiger partial charge is 0.249 e. The van der Waals surface area contributed by atoms with E-state index in [1.165, 1.54) is 0 Å². The molecule has 0 spiro atoms. The molecule has 0 saturated carbocycles. The first kappa shape index (κ1) is 15.7. The number of aromatic nitrogens is 3. The summed E-state index contributed by atoms with van der Waals surface area (Å²) in [5.41, 5.74) is 2.70. The molecule has 3 rings (SSSR count). The Morgan fingerprint density at radius 3 is 2.61 bits per heavy atom. The highest BCUT2D eigenvalue weighted by Gasteiger charge is 2.06. The van der Waals surface area contributed by atoms with Gasteiger partial charge in [0.2, 0.25) is 5.95 Å². The van der Waals surface area contributed by atoms with Gasteiger partial charge in [-0.1, -0.05) is 29.8 Å². The lowest BCUT2D eigenvalue weighted by atomic mass is 10.2. The van der Waals surface area contributed by atoms with Gasteiger partial charge in [0.15, 0.2) is 5.82 Å². The first-order chi connectivity index (χ1) is 11.1. The van der Waals surface area contributed by atoms with Crippen LogP contribution in [-0.2, 0) is 0 Å². The predicted octanol–water partition coefficient (Wildman–Crippen LogP) is 5.08. The maximum atomic E-state index is 6.13. The van der Waals surface area contributed by atoms with Gasteiger partial charge in [0.25, 0.3) is 0 Å². The van der Waals surface area contributed by atoms with Crippen molar-refractivity contribution in [1.29, 1.82) is 0 Å². The highest BCUT2D eigenvalue weighted by molar-refractivity contribution is 9.10. The number of halogens is 2. The van der Waals surface area contributed by atoms with Crippen LogP contribution in [0.4, 0.5) is 23.1 Å². The third kappa shape index (κ3) is 3.78. The maximum Gasteiger partial charge on any atom is 0.249 e. The zero-order chi connectivity index (χ0) is 16.2. The summed E-state index contributed by atoms with van der Waals surface area (Å²) in [6.45, 7) is 1.94. The fourth-order valence-corrected chi connectivity index (χ4v) is 2.54. The Bertz CT molecular complexity index is 840. The molecule has 0 amide bonds. The van der Waals surface area contributed by atoms with Crippen LogP contribution in [0.15, 0.2) is 53.1 Å². The maximum absolute atomic E-state index is 6.13. The quantitative estimate of drug-likeness (QED) is 0.650. The SMILES string of the molecule is Cc1c(Cl)cccc1Nc1cnnc(Nc2ccccc2Br)n1. The lowest BCUT2D eigenvalue weighted by molar-refractivity contribution is 0.982. The second-order valence-electron chi connectivity index (χ2n) is 4.81. The minimum atomic E-state index is 0.404. The van der Waals surface area contributed by atoms with Crippen molar-refractivity contribution in [3.63, 3.8) is 0 Å². The Hall–Kier alpha value is -2.18. The van der Waals surface area contributed by atoms with Crippen molar-refractivity contribution in [3.05, 3.63) is 63.7 Å². The second kappa shape index (κ2) is 6.93. The van der Waals surface area contributed by atoms with Crippen molar-refractivity contribution in [2.75, 3.05) is 10.6 Å². The average molecular weight is 391 g/mol. The van der Waals surface area contributed by atoms with Crippen LogP contribution in [0.25, 0.3) is 0 Å². The largest absolute Gasteiger partial charge is 0.339 e. The van der Waals surface area contributed by atoms with Crippen LogP contribution in [-0.4, -0.2) is 15.2 Å². The molecule has 23 heavy (non-hydrogen) atoms. The van der Waals surface area contributed by atoms with Gasteiger partial charge in [-0.05, 0) is 52.7 Å². The van der Waals surface area contributed by atoms with Crippen LogP contribution in [0.5, 0.6) is 0 Å². The number of hydrogen-bond acceptors (Lipinski definition) is 5. The Morgan fingerprint density at radius 1 is 1.00 bits per heavy atom. The molecule has 116 valence electrons. The first-order valence-corrected chi connectivity index (χ1v) is 8.04. The molecule has 3 aromatic rings. The monoisotopic (exact) mass is 389 g/mol. The number of anilines is 4. The fraction of sp³-hybridized carbons (Fsp3) is 0.0625. The van der Waals surface area contributed by atoms with Gasteiger partial charge in [0, 0.05) is 15.2 Å². The Morgan fingerprint density at radius 2 is 1.78 bits per heavy atom. The normalized spacial score (nSPS) is 10.4. The van der Waals surface area contributed by atoms with E-state index < -0.39 is 0 Å². The van der Waals surface area contributed by atoms with Crippen LogP contribution >= 0.6 is 27.5 Å². The molecule has 2 N–H and O–H groups in total. The van der Waals surface area contributed by atoms with Crippen molar-refractivity contribution in [3.8, 4) is 0 Å². The van der Waals surface area contributed by atoms with Crippen molar-refractivity contribution >= 4 is 50.7 Å². The third-order valence-electron chi connectivity index (χ3n) is 3.21. The minimum absolute atomic E-state index is 0.404. The van der Waals surface area contributed by atoms with Gasteiger partial charge in [-0.3, -0.25) is 0 Å². The topological polar surface area (TPSA) is 62.7 Å². The molecule has 0 radical (unpaired) electrons. The molecular weight excluding hydrogens is 378 g/mol. The summed E-state index contributed by atoms with van der Waals surface area (Å²) < 4.78 is 0.924. The molecule has 0 bridgehead atoms. The van der Waals surface area contributed by atoms with Gasteiger partial charge < -0.3 is 10.6 Å². The molecule has 0 unspecified atom stereocenters. The molecule has 0 atom stereocenters. The summed E-state index contributed by atoms with van der Waals surface area (Å²) in [6.07, 6.45) is 1.56. The second-order valence-corrected chi connectivity index (χ2v) is 6.07. The highest BCUT2D eigenvalue weighted by atomic mass is 79.9. The van der Waals surface area contributed by atoms with E-state index in [1.807, 2.05) is 49.4 Å². The number of para-hydroxylation sites is 1. The van der Waals surface area contributed by atoms with E-state index in [0.717, 1.165) is 21.4 Å². The van der Waals surface area contributed by atoms with E-state index in [4.69, 9.17) is 11.6 Å². The Labute approximate surface area is 147 Å². The third-order valence-corrected chi connectivity index (χ3v) is 4.31. The van der Waals surface area contributed by atoms with Crippen molar-refractivity contribution < 1.29 is 0 Å². The number of benzene rings is 2. The summed E-state index contributed by atoms with van der Waals surface area (Å²) in [5.74, 6) is 0.988. The van der Waals surface area contributed by atoms with Crippen molar-refractivity contribution in [2.45, 2.75) is 6.92 Å². The van der Waals surface area contributed by atoms with Crippen LogP contribution in [0.3, 0.4) is 0 Å². The standard InChI is InChI=1S/C16H13BrClN5/c1-10-12(18)6-4-8-13(10)20-15-9-19-23-16(22-15)21-14-7-3-2-5-11(14)17/h2-9H,1H3,(H2,20,21,22,23). The summed E-state index contributed by atoms with van der Waals surface area (Å²) >= 11 is 9.60. The molecule has 0 aliphatic heterocycles. The Kier molecular flexibility index (Phi) is 4.73. The van der Waals surface area contributed by atoms with E-state index in [0.29, 0.717) is 16.8 Å². The molecule has 1 heterocycles. The van der Waals surface area contributed by atoms with E-state index in [2.05, 4.69) is 41.7 Å². The van der Waals surface area contributed by atoms with Gasteiger partial charge in [0.1, 0.15) is 0 Å². The lowest BCUT2D eigenvalue weighted by Crippen LogP contribution is -2.03. The molecule has 0 aliphatic carbocycles. The predicted molar refractivity (Wildman–Crippen MR) is 96.7 cm³/mol. The molecule has 0 fully saturated rings. The van der Waals surface area contributed by atoms with Crippen molar-refractivity contribution in [2.24, 2.45) is 0 Å². The van der Waals surface area contributed by atoms with Gasteiger partial charge in [-0.2, -0.15) is 10.1 Å². The van der Waals surface area contributed by atoms with Crippen LogP contribution in [0, 0.1) is 6.92 Å². The zero-order valence-electron chi connectivity index (χ0n) is 12.2. The van der Waals surface area contributed by atoms with Gasteiger partial charge in [-0.25, -0.2) is 0 Å².